The lowest BCUT2D eigenvalue weighted by Gasteiger charge is -2.09. The molecule has 1 heterocycles. The van der Waals surface area contributed by atoms with Crippen molar-refractivity contribution in [3.8, 4) is 0 Å². The Bertz CT molecular complexity index is 734. The van der Waals surface area contributed by atoms with Crippen LogP contribution in [-0.2, 0) is 17.8 Å². The average Bonchev–Trinajstić information content (AvgIpc) is 2.51. The summed E-state index contributed by atoms with van der Waals surface area (Å²) in [7, 11) is 0. The van der Waals surface area contributed by atoms with Gasteiger partial charge in [-0.1, -0.05) is 29.8 Å². The normalized spacial score (nSPS) is 10.3. The highest BCUT2D eigenvalue weighted by atomic mass is 35.5. The quantitative estimate of drug-likeness (QED) is 0.747. The fraction of sp³-hybridized carbons (Fsp3) is 0.188. The van der Waals surface area contributed by atoms with Crippen molar-refractivity contribution in [3.05, 3.63) is 58.2 Å². The van der Waals surface area contributed by atoms with Crippen molar-refractivity contribution in [2.45, 2.75) is 19.4 Å². The molecule has 0 aliphatic heterocycles. The fourth-order valence-corrected chi connectivity index (χ4v) is 2.30. The van der Waals surface area contributed by atoms with Crippen molar-refractivity contribution < 1.29 is 9.59 Å². The molecule has 0 aliphatic carbocycles. The minimum Gasteiger partial charge on any atom is -0.384 e. The van der Waals surface area contributed by atoms with Crippen molar-refractivity contribution in [3.63, 3.8) is 0 Å². The summed E-state index contributed by atoms with van der Waals surface area (Å²) in [6, 6.07) is 10.5. The van der Waals surface area contributed by atoms with Gasteiger partial charge in [-0.3, -0.25) is 9.59 Å². The summed E-state index contributed by atoms with van der Waals surface area (Å²) in [5, 5.41) is 3.38. The standard InChI is InChI=1S/C16H17ClN4O2/c17-12-3-1-2-10(8-12)4-7-14(22)20-9-11-5-6-13(18)21-15(11)16(19)23/h1-3,5-6,8H,4,7,9H2,(H2,18,21)(H2,19,23)(H,20,22). The number of carbonyl (C=O) groups excluding carboxylic acids is 2. The van der Waals surface area contributed by atoms with Crippen molar-refractivity contribution in [2.75, 3.05) is 5.73 Å². The number of pyridine rings is 1. The average molecular weight is 333 g/mol. The van der Waals surface area contributed by atoms with Gasteiger partial charge in [0.15, 0.2) is 0 Å². The van der Waals surface area contributed by atoms with Crippen LogP contribution in [0.15, 0.2) is 36.4 Å². The molecule has 0 fully saturated rings. The number of carbonyl (C=O) groups is 2. The fourth-order valence-electron chi connectivity index (χ4n) is 2.09. The number of aryl methyl sites for hydroxylation is 1. The van der Waals surface area contributed by atoms with Gasteiger partial charge < -0.3 is 16.8 Å². The molecule has 2 amide bonds. The van der Waals surface area contributed by atoms with E-state index in [0.29, 0.717) is 23.4 Å². The Labute approximate surface area is 138 Å². The van der Waals surface area contributed by atoms with Crippen LogP contribution >= 0.6 is 11.6 Å². The molecule has 0 saturated carbocycles. The molecule has 0 spiro atoms. The smallest absolute Gasteiger partial charge is 0.267 e. The topological polar surface area (TPSA) is 111 Å². The van der Waals surface area contributed by atoms with E-state index in [4.69, 9.17) is 23.1 Å². The molecule has 2 rings (SSSR count). The SMILES string of the molecule is NC(=O)c1nc(N)ccc1CNC(=O)CCc1cccc(Cl)c1. The summed E-state index contributed by atoms with van der Waals surface area (Å²) < 4.78 is 0. The molecule has 0 unspecified atom stereocenters. The van der Waals surface area contributed by atoms with Gasteiger partial charge in [-0.25, -0.2) is 4.98 Å². The summed E-state index contributed by atoms with van der Waals surface area (Å²) >= 11 is 5.90. The number of rotatable bonds is 6. The van der Waals surface area contributed by atoms with E-state index in [1.54, 1.807) is 18.2 Å². The zero-order valence-electron chi connectivity index (χ0n) is 12.4. The highest BCUT2D eigenvalue weighted by Crippen LogP contribution is 2.12. The first-order chi connectivity index (χ1) is 11.0. The lowest BCUT2D eigenvalue weighted by atomic mass is 10.1. The molecule has 120 valence electrons. The number of benzene rings is 1. The molecule has 1 aromatic heterocycles. The summed E-state index contributed by atoms with van der Waals surface area (Å²) in [6.07, 6.45) is 0.893. The molecule has 1 aromatic carbocycles. The van der Waals surface area contributed by atoms with Crippen molar-refractivity contribution in [1.29, 1.82) is 0 Å². The van der Waals surface area contributed by atoms with Crippen LogP contribution in [-0.4, -0.2) is 16.8 Å². The number of halogens is 1. The number of primary amides is 1. The maximum atomic E-state index is 11.9. The first kappa shape index (κ1) is 16.8. The second-order valence-corrected chi connectivity index (χ2v) is 5.45. The van der Waals surface area contributed by atoms with E-state index in [1.165, 1.54) is 0 Å². The maximum Gasteiger partial charge on any atom is 0.267 e. The number of hydrogen-bond acceptors (Lipinski definition) is 4. The molecule has 5 N–H and O–H groups in total. The lowest BCUT2D eigenvalue weighted by Crippen LogP contribution is -2.26. The Morgan fingerprint density at radius 3 is 2.70 bits per heavy atom. The molecule has 0 atom stereocenters. The van der Waals surface area contributed by atoms with Gasteiger partial charge in [-0.05, 0) is 30.2 Å². The number of aromatic nitrogens is 1. The number of nitrogens with zero attached hydrogens (tertiary/aromatic N) is 1. The predicted octanol–water partition coefficient (Wildman–Crippen LogP) is 1.67. The Morgan fingerprint density at radius 2 is 2.00 bits per heavy atom. The zero-order chi connectivity index (χ0) is 16.8. The largest absolute Gasteiger partial charge is 0.384 e. The minimum atomic E-state index is -0.680. The summed E-state index contributed by atoms with van der Waals surface area (Å²) in [6.45, 7) is 0.167. The van der Waals surface area contributed by atoms with Gasteiger partial charge in [0.2, 0.25) is 5.91 Å². The number of nitrogens with two attached hydrogens (primary N) is 2. The third-order valence-electron chi connectivity index (χ3n) is 3.24. The van der Waals surface area contributed by atoms with Crippen LogP contribution in [0.1, 0.15) is 28.0 Å². The molecule has 0 bridgehead atoms. The monoisotopic (exact) mass is 332 g/mol. The Hall–Kier alpha value is -2.60. The number of amides is 2. The van der Waals surface area contributed by atoms with E-state index in [9.17, 15) is 9.59 Å². The Kier molecular flexibility index (Phi) is 5.54. The van der Waals surface area contributed by atoms with Crippen LogP contribution in [0.2, 0.25) is 5.02 Å². The van der Waals surface area contributed by atoms with Gasteiger partial charge in [0.1, 0.15) is 11.5 Å². The van der Waals surface area contributed by atoms with E-state index >= 15 is 0 Å². The van der Waals surface area contributed by atoms with Gasteiger partial charge in [-0.2, -0.15) is 0 Å². The van der Waals surface area contributed by atoms with Gasteiger partial charge in [0.05, 0.1) is 0 Å². The van der Waals surface area contributed by atoms with Gasteiger partial charge >= 0.3 is 0 Å². The van der Waals surface area contributed by atoms with Gasteiger partial charge in [-0.15, -0.1) is 0 Å². The molecule has 23 heavy (non-hydrogen) atoms. The van der Waals surface area contributed by atoms with Gasteiger partial charge in [0, 0.05) is 23.6 Å². The Balaban J connectivity index is 1.91. The molecule has 2 aromatic rings. The first-order valence-electron chi connectivity index (χ1n) is 7.02. The number of anilines is 1. The van der Waals surface area contributed by atoms with Crippen LogP contribution in [0.4, 0.5) is 5.82 Å². The highest BCUT2D eigenvalue weighted by Gasteiger charge is 2.11. The summed E-state index contributed by atoms with van der Waals surface area (Å²) in [5.74, 6) is -0.618. The first-order valence-corrected chi connectivity index (χ1v) is 7.40. The van der Waals surface area contributed by atoms with Crippen molar-refractivity contribution in [1.82, 2.24) is 10.3 Å². The molecular weight excluding hydrogens is 316 g/mol. The zero-order valence-corrected chi connectivity index (χ0v) is 13.1. The number of nitrogens with one attached hydrogen (secondary N) is 1. The van der Waals surface area contributed by atoms with E-state index in [1.807, 2.05) is 18.2 Å². The predicted molar refractivity (Wildman–Crippen MR) is 88.8 cm³/mol. The van der Waals surface area contributed by atoms with E-state index < -0.39 is 5.91 Å². The third-order valence-corrected chi connectivity index (χ3v) is 3.47. The molecule has 0 aliphatic rings. The van der Waals surface area contributed by atoms with Crippen LogP contribution in [0.3, 0.4) is 0 Å². The summed E-state index contributed by atoms with van der Waals surface area (Å²) in [5.41, 5.74) is 12.4. The third kappa shape index (κ3) is 4.96. The van der Waals surface area contributed by atoms with E-state index in [2.05, 4.69) is 10.3 Å². The number of hydrogen-bond donors (Lipinski definition) is 3. The van der Waals surface area contributed by atoms with Crippen molar-refractivity contribution >= 4 is 29.2 Å². The van der Waals surface area contributed by atoms with Crippen LogP contribution in [0, 0.1) is 0 Å². The Morgan fingerprint density at radius 1 is 1.22 bits per heavy atom. The summed E-state index contributed by atoms with van der Waals surface area (Å²) in [4.78, 5) is 27.1. The highest BCUT2D eigenvalue weighted by molar-refractivity contribution is 6.30. The van der Waals surface area contributed by atoms with Crippen molar-refractivity contribution in [2.24, 2.45) is 5.73 Å². The molecule has 0 radical (unpaired) electrons. The van der Waals surface area contributed by atoms with Crippen LogP contribution < -0.4 is 16.8 Å². The van der Waals surface area contributed by atoms with Crippen LogP contribution in [0.5, 0.6) is 0 Å². The molecular formula is C16H17ClN4O2. The van der Waals surface area contributed by atoms with Crippen LogP contribution in [0.25, 0.3) is 0 Å². The lowest BCUT2D eigenvalue weighted by molar-refractivity contribution is -0.121. The second-order valence-electron chi connectivity index (χ2n) is 5.01. The second kappa shape index (κ2) is 7.60. The van der Waals surface area contributed by atoms with E-state index in [-0.39, 0.29) is 24.0 Å². The molecule has 0 saturated heterocycles. The maximum absolute atomic E-state index is 11.9. The minimum absolute atomic E-state index is 0.0696. The number of nitrogen functional groups attached to an aromatic ring is 1. The van der Waals surface area contributed by atoms with E-state index in [0.717, 1.165) is 5.56 Å². The molecule has 6 nitrogen and oxygen atoms in total. The molecule has 7 heteroatoms. The van der Waals surface area contributed by atoms with Gasteiger partial charge in [0.25, 0.3) is 5.91 Å².